The molecule has 3 heterocycles. The Morgan fingerprint density at radius 3 is 3.00 bits per heavy atom. The van der Waals surface area contributed by atoms with Crippen LogP contribution in [0.15, 0.2) is 24.7 Å². The van der Waals surface area contributed by atoms with E-state index in [1.165, 1.54) is 4.83 Å². The molecule has 3 aromatic heterocycles. The van der Waals surface area contributed by atoms with Crippen LogP contribution in [0.5, 0.6) is 0 Å². The first-order valence-electron chi connectivity index (χ1n) is 4.65. The minimum Gasteiger partial charge on any atom is -0.361 e. The van der Waals surface area contributed by atoms with Crippen LogP contribution >= 0.6 is 11.3 Å². The lowest BCUT2D eigenvalue weighted by atomic mass is 10.5. The van der Waals surface area contributed by atoms with Crippen LogP contribution in [0.2, 0.25) is 0 Å². The molecule has 0 aliphatic rings. The topological polar surface area (TPSA) is 33.4 Å². The first kappa shape index (κ1) is 8.67. The van der Waals surface area contributed by atoms with Crippen molar-refractivity contribution in [1.29, 1.82) is 0 Å². The third kappa shape index (κ3) is 1.13. The molecule has 0 atom stereocenters. The van der Waals surface area contributed by atoms with Crippen molar-refractivity contribution in [2.24, 2.45) is 0 Å². The summed E-state index contributed by atoms with van der Waals surface area (Å²) in [4.78, 5) is 12.8. The summed E-state index contributed by atoms with van der Waals surface area (Å²) in [6.45, 7) is 0. The molecule has 5 heteroatoms. The number of rotatable bonds is 1. The van der Waals surface area contributed by atoms with E-state index in [1.54, 1.807) is 17.7 Å². The van der Waals surface area contributed by atoms with Gasteiger partial charge in [-0.25, -0.2) is 9.97 Å². The van der Waals surface area contributed by atoms with E-state index in [1.807, 2.05) is 31.3 Å². The Balaban J connectivity index is 2.52. The largest absolute Gasteiger partial charge is 0.361 e. The fourth-order valence-electron chi connectivity index (χ4n) is 1.70. The van der Waals surface area contributed by atoms with Gasteiger partial charge in [0.05, 0.1) is 0 Å². The molecule has 4 nitrogen and oxygen atoms in total. The first-order valence-corrected chi connectivity index (χ1v) is 5.47. The number of fused-ring (bicyclic) bond motifs is 3. The highest BCUT2D eigenvalue weighted by Crippen LogP contribution is 2.29. The number of anilines is 1. The molecule has 0 amide bonds. The zero-order valence-corrected chi connectivity index (χ0v) is 9.32. The molecule has 0 aromatic carbocycles. The second-order valence-corrected chi connectivity index (χ2v) is 4.57. The van der Waals surface area contributed by atoms with Crippen LogP contribution in [0, 0.1) is 0 Å². The van der Waals surface area contributed by atoms with E-state index >= 15 is 0 Å². The molecular weight excluding hydrogens is 208 g/mol. The van der Waals surface area contributed by atoms with Crippen LogP contribution < -0.4 is 4.90 Å². The van der Waals surface area contributed by atoms with Gasteiger partial charge in [0.15, 0.2) is 5.82 Å². The Bertz CT molecular complexity index is 622. The summed E-state index contributed by atoms with van der Waals surface area (Å²) in [5, 5.41) is 0. The summed E-state index contributed by atoms with van der Waals surface area (Å²) in [5.41, 5.74) is 1.09. The smallest absolute Gasteiger partial charge is 0.157 e. The predicted molar refractivity (Wildman–Crippen MR) is 62.7 cm³/mol. The minimum absolute atomic E-state index is 0.961. The van der Waals surface area contributed by atoms with Crippen molar-refractivity contribution in [1.82, 2.24) is 14.4 Å². The quantitative estimate of drug-likeness (QED) is 0.626. The molecule has 0 N–H and O–H groups in total. The summed E-state index contributed by atoms with van der Waals surface area (Å²) in [6, 6.07) is 4.13. The summed E-state index contributed by atoms with van der Waals surface area (Å²) in [7, 11) is 3.99. The lowest BCUT2D eigenvalue weighted by Gasteiger charge is -2.11. The van der Waals surface area contributed by atoms with E-state index in [2.05, 4.69) is 20.4 Å². The third-order valence-corrected chi connectivity index (χ3v) is 3.38. The molecule has 3 rings (SSSR count). The molecule has 3 aromatic rings. The highest BCUT2D eigenvalue weighted by atomic mass is 32.1. The van der Waals surface area contributed by atoms with Crippen LogP contribution in [0.1, 0.15) is 0 Å². The van der Waals surface area contributed by atoms with Crippen LogP contribution in [-0.4, -0.2) is 28.5 Å². The predicted octanol–water partition coefficient (Wildman–Crippen LogP) is 2.01. The monoisotopic (exact) mass is 218 g/mol. The Morgan fingerprint density at radius 2 is 2.20 bits per heavy atom. The average molecular weight is 218 g/mol. The zero-order chi connectivity index (χ0) is 10.4. The molecule has 0 radical (unpaired) electrons. The molecular formula is C10H10N4S. The molecule has 0 saturated heterocycles. The van der Waals surface area contributed by atoms with Gasteiger partial charge in [-0.05, 0) is 12.1 Å². The lowest BCUT2D eigenvalue weighted by molar-refractivity contribution is 1.05. The van der Waals surface area contributed by atoms with Gasteiger partial charge >= 0.3 is 0 Å². The number of hydrogen-bond donors (Lipinski definition) is 0. The maximum atomic E-state index is 4.31. The Labute approximate surface area is 90.8 Å². The number of hydrogen-bond acceptors (Lipinski definition) is 4. The van der Waals surface area contributed by atoms with Gasteiger partial charge in [-0.3, -0.25) is 0 Å². The van der Waals surface area contributed by atoms with Gasteiger partial charge < -0.3 is 9.30 Å². The van der Waals surface area contributed by atoms with E-state index < -0.39 is 0 Å². The van der Waals surface area contributed by atoms with E-state index in [0.717, 1.165) is 16.2 Å². The second-order valence-electron chi connectivity index (χ2n) is 3.56. The van der Waals surface area contributed by atoms with Crippen molar-refractivity contribution in [2.75, 3.05) is 19.0 Å². The van der Waals surface area contributed by atoms with Crippen molar-refractivity contribution in [2.45, 2.75) is 0 Å². The standard InChI is InChI=1S/C10H10N4S/c1-13(2)9-8-10(12-6-11-9)15-7-4-3-5-14(7)8/h3-6H,1-2H3. The number of thiazole rings is 1. The van der Waals surface area contributed by atoms with Crippen molar-refractivity contribution in [3.05, 3.63) is 24.7 Å². The Morgan fingerprint density at radius 1 is 1.33 bits per heavy atom. The summed E-state index contributed by atoms with van der Waals surface area (Å²) in [5.74, 6) is 0.961. The summed E-state index contributed by atoms with van der Waals surface area (Å²) < 4.78 is 2.13. The van der Waals surface area contributed by atoms with E-state index in [9.17, 15) is 0 Å². The van der Waals surface area contributed by atoms with E-state index in [4.69, 9.17) is 0 Å². The molecule has 76 valence electrons. The van der Waals surface area contributed by atoms with Gasteiger partial charge in [-0.15, -0.1) is 0 Å². The van der Waals surface area contributed by atoms with Crippen molar-refractivity contribution < 1.29 is 0 Å². The fraction of sp³-hybridized carbons (Fsp3) is 0.200. The molecule has 0 aliphatic heterocycles. The number of aromatic nitrogens is 3. The molecule has 0 bridgehead atoms. The molecule has 15 heavy (non-hydrogen) atoms. The van der Waals surface area contributed by atoms with Crippen LogP contribution in [-0.2, 0) is 0 Å². The Kier molecular flexibility index (Phi) is 1.70. The zero-order valence-electron chi connectivity index (χ0n) is 8.51. The SMILES string of the molecule is CN(C)c1ncnc2sc3cccn3c12. The van der Waals surface area contributed by atoms with Crippen LogP contribution in [0.3, 0.4) is 0 Å². The fourth-order valence-corrected chi connectivity index (χ4v) is 2.68. The third-order valence-electron chi connectivity index (χ3n) is 2.35. The van der Waals surface area contributed by atoms with Gasteiger partial charge in [-0.2, -0.15) is 0 Å². The van der Waals surface area contributed by atoms with Gasteiger partial charge in [0, 0.05) is 20.3 Å². The van der Waals surface area contributed by atoms with Crippen molar-refractivity contribution >= 4 is 32.3 Å². The molecule has 0 fully saturated rings. The van der Waals surface area contributed by atoms with Crippen LogP contribution in [0.25, 0.3) is 15.2 Å². The molecule has 0 unspecified atom stereocenters. The maximum Gasteiger partial charge on any atom is 0.157 e. The second kappa shape index (κ2) is 2.93. The van der Waals surface area contributed by atoms with Gasteiger partial charge in [-0.1, -0.05) is 11.3 Å². The van der Waals surface area contributed by atoms with Gasteiger partial charge in [0.1, 0.15) is 21.5 Å². The Hall–Kier alpha value is -1.62. The highest BCUT2D eigenvalue weighted by molar-refractivity contribution is 7.23. The lowest BCUT2D eigenvalue weighted by Crippen LogP contribution is -2.11. The molecule has 0 aliphatic carbocycles. The van der Waals surface area contributed by atoms with E-state index in [0.29, 0.717) is 0 Å². The van der Waals surface area contributed by atoms with Crippen LogP contribution in [0.4, 0.5) is 5.82 Å². The molecule has 0 saturated carbocycles. The van der Waals surface area contributed by atoms with Gasteiger partial charge in [0.25, 0.3) is 0 Å². The summed E-state index contributed by atoms with van der Waals surface area (Å²) in [6.07, 6.45) is 3.66. The van der Waals surface area contributed by atoms with Crippen molar-refractivity contribution in [3.63, 3.8) is 0 Å². The molecule has 0 spiro atoms. The highest BCUT2D eigenvalue weighted by Gasteiger charge is 2.11. The average Bonchev–Trinajstić information content (AvgIpc) is 2.75. The van der Waals surface area contributed by atoms with E-state index in [-0.39, 0.29) is 0 Å². The summed E-state index contributed by atoms with van der Waals surface area (Å²) >= 11 is 1.69. The number of nitrogens with zero attached hydrogens (tertiary/aromatic N) is 4. The normalized spacial score (nSPS) is 11.3. The first-order chi connectivity index (χ1) is 7.27. The maximum absolute atomic E-state index is 4.31. The minimum atomic E-state index is 0.961. The van der Waals surface area contributed by atoms with Crippen molar-refractivity contribution in [3.8, 4) is 0 Å². The van der Waals surface area contributed by atoms with Gasteiger partial charge in [0.2, 0.25) is 0 Å².